The summed E-state index contributed by atoms with van der Waals surface area (Å²) in [4.78, 5) is 0. The van der Waals surface area contributed by atoms with Crippen LogP contribution in [-0.4, -0.2) is 12.6 Å². The molecule has 0 aliphatic rings. The van der Waals surface area contributed by atoms with Gasteiger partial charge in [0.2, 0.25) is 0 Å². The smallest absolute Gasteiger partial charge is 0.0716 e. The molecule has 0 aromatic heterocycles. The van der Waals surface area contributed by atoms with Gasteiger partial charge >= 0.3 is 0 Å². The average molecular weight is 207 g/mol. The lowest BCUT2D eigenvalue weighted by Gasteiger charge is -2.15. The van der Waals surface area contributed by atoms with Crippen LogP contribution in [0.5, 0.6) is 0 Å². The standard InChI is InChI=1S/C13H21NO/c1-11(12(2)14)8-9-15-10-13-6-4-3-5-7-13/h3-7,11-12H,8-10,14H2,1-2H3. The van der Waals surface area contributed by atoms with Crippen molar-refractivity contribution in [1.82, 2.24) is 0 Å². The summed E-state index contributed by atoms with van der Waals surface area (Å²) in [5.74, 6) is 0.528. The van der Waals surface area contributed by atoms with Crippen molar-refractivity contribution >= 4 is 0 Å². The van der Waals surface area contributed by atoms with E-state index in [0.717, 1.165) is 13.0 Å². The number of hydrogen-bond donors (Lipinski definition) is 1. The monoisotopic (exact) mass is 207 g/mol. The first-order chi connectivity index (χ1) is 7.20. The molecule has 1 aromatic rings. The molecule has 1 aromatic carbocycles. The Balaban J connectivity index is 2.12. The van der Waals surface area contributed by atoms with Crippen molar-refractivity contribution in [3.63, 3.8) is 0 Å². The Morgan fingerprint density at radius 3 is 2.47 bits per heavy atom. The third-order valence-electron chi connectivity index (χ3n) is 2.73. The predicted octanol–water partition coefficient (Wildman–Crippen LogP) is 2.58. The van der Waals surface area contributed by atoms with Crippen molar-refractivity contribution in [2.24, 2.45) is 11.7 Å². The number of nitrogens with two attached hydrogens (primary N) is 1. The maximum atomic E-state index is 5.77. The van der Waals surface area contributed by atoms with Crippen LogP contribution in [0.25, 0.3) is 0 Å². The first-order valence-electron chi connectivity index (χ1n) is 5.57. The van der Waals surface area contributed by atoms with E-state index in [4.69, 9.17) is 10.5 Å². The van der Waals surface area contributed by atoms with Crippen molar-refractivity contribution in [3.8, 4) is 0 Å². The van der Waals surface area contributed by atoms with Crippen molar-refractivity contribution in [2.45, 2.75) is 32.9 Å². The number of hydrogen-bond acceptors (Lipinski definition) is 2. The van der Waals surface area contributed by atoms with Gasteiger partial charge in [-0.15, -0.1) is 0 Å². The molecule has 0 saturated heterocycles. The van der Waals surface area contributed by atoms with Crippen LogP contribution in [-0.2, 0) is 11.3 Å². The molecule has 0 amide bonds. The van der Waals surface area contributed by atoms with Crippen LogP contribution in [0.4, 0.5) is 0 Å². The predicted molar refractivity (Wildman–Crippen MR) is 63.5 cm³/mol. The molecule has 2 atom stereocenters. The van der Waals surface area contributed by atoms with Gasteiger partial charge in [-0.3, -0.25) is 0 Å². The quantitative estimate of drug-likeness (QED) is 0.728. The van der Waals surface area contributed by atoms with E-state index in [9.17, 15) is 0 Å². The zero-order valence-corrected chi connectivity index (χ0v) is 9.65. The van der Waals surface area contributed by atoms with E-state index in [2.05, 4.69) is 19.1 Å². The van der Waals surface area contributed by atoms with Crippen molar-refractivity contribution in [1.29, 1.82) is 0 Å². The molecule has 0 aliphatic carbocycles. The largest absolute Gasteiger partial charge is 0.377 e. The van der Waals surface area contributed by atoms with Gasteiger partial charge in [0.05, 0.1) is 6.61 Å². The van der Waals surface area contributed by atoms with Crippen molar-refractivity contribution in [3.05, 3.63) is 35.9 Å². The van der Waals surface area contributed by atoms with Crippen LogP contribution in [0.15, 0.2) is 30.3 Å². The number of benzene rings is 1. The highest BCUT2D eigenvalue weighted by Crippen LogP contribution is 2.07. The number of ether oxygens (including phenoxy) is 1. The molecule has 2 N–H and O–H groups in total. The van der Waals surface area contributed by atoms with Crippen molar-refractivity contribution in [2.75, 3.05) is 6.61 Å². The molecule has 2 nitrogen and oxygen atoms in total. The molecule has 2 unspecified atom stereocenters. The maximum Gasteiger partial charge on any atom is 0.0716 e. The van der Waals surface area contributed by atoms with Gasteiger partial charge in [0.25, 0.3) is 0 Å². The summed E-state index contributed by atoms with van der Waals surface area (Å²) in [6.07, 6.45) is 1.03. The van der Waals surface area contributed by atoms with E-state index in [0.29, 0.717) is 12.5 Å². The summed E-state index contributed by atoms with van der Waals surface area (Å²) in [6.45, 7) is 5.70. The van der Waals surface area contributed by atoms with E-state index in [1.165, 1.54) is 5.56 Å². The number of rotatable bonds is 6. The molecule has 2 heteroatoms. The summed E-state index contributed by atoms with van der Waals surface area (Å²) in [5, 5.41) is 0. The van der Waals surface area contributed by atoms with E-state index < -0.39 is 0 Å². The zero-order valence-electron chi connectivity index (χ0n) is 9.65. The summed E-state index contributed by atoms with van der Waals surface area (Å²) in [5.41, 5.74) is 7.00. The van der Waals surface area contributed by atoms with E-state index in [1.807, 2.05) is 25.1 Å². The molecule has 0 aliphatic heterocycles. The minimum Gasteiger partial charge on any atom is -0.377 e. The van der Waals surface area contributed by atoms with Crippen LogP contribution >= 0.6 is 0 Å². The second-order valence-corrected chi connectivity index (χ2v) is 4.16. The fourth-order valence-electron chi connectivity index (χ4n) is 1.30. The third-order valence-corrected chi connectivity index (χ3v) is 2.73. The molecule has 1 rings (SSSR count). The normalized spacial score (nSPS) is 14.9. The van der Waals surface area contributed by atoms with Crippen LogP contribution in [0.1, 0.15) is 25.8 Å². The van der Waals surface area contributed by atoms with Crippen molar-refractivity contribution < 1.29 is 4.74 Å². The zero-order chi connectivity index (χ0) is 11.1. The summed E-state index contributed by atoms with van der Waals surface area (Å²) >= 11 is 0. The van der Waals surface area contributed by atoms with Crippen LogP contribution in [0, 0.1) is 5.92 Å². The fraction of sp³-hybridized carbons (Fsp3) is 0.538. The van der Waals surface area contributed by atoms with Crippen LogP contribution in [0.3, 0.4) is 0 Å². The summed E-state index contributed by atoms with van der Waals surface area (Å²) < 4.78 is 5.58. The minimum absolute atomic E-state index is 0.255. The highest BCUT2D eigenvalue weighted by molar-refractivity contribution is 5.13. The highest BCUT2D eigenvalue weighted by Gasteiger charge is 2.06. The Morgan fingerprint density at radius 1 is 1.20 bits per heavy atom. The molecule has 0 radical (unpaired) electrons. The third kappa shape index (κ3) is 4.96. The van der Waals surface area contributed by atoms with Gasteiger partial charge in [0.1, 0.15) is 0 Å². The average Bonchev–Trinajstić information content (AvgIpc) is 2.25. The van der Waals surface area contributed by atoms with Gasteiger partial charge in [-0.25, -0.2) is 0 Å². The molecule has 0 spiro atoms. The minimum atomic E-state index is 0.255. The first kappa shape index (κ1) is 12.2. The summed E-state index contributed by atoms with van der Waals surface area (Å²) in [6, 6.07) is 10.5. The Bertz CT molecular complexity index is 258. The molecule has 0 fully saturated rings. The molecule has 0 heterocycles. The van der Waals surface area contributed by atoms with Gasteiger partial charge in [-0.1, -0.05) is 37.3 Å². The van der Waals surface area contributed by atoms with Crippen LogP contribution in [0.2, 0.25) is 0 Å². The Labute approximate surface area is 92.4 Å². The Morgan fingerprint density at radius 2 is 1.87 bits per heavy atom. The molecule has 84 valence electrons. The lowest BCUT2D eigenvalue weighted by Crippen LogP contribution is -2.25. The maximum absolute atomic E-state index is 5.77. The van der Waals surface area contributed by atoms with Gasteiger partial charge in [0.15, 0.2) is 0 Å². The molecule has 15 heavy (non-hydrogen) atoms. The van der Waals surface area contributed by atoms with E-state index in [-0.39, 0.29) is 6.04 Å². The van der Waals surface area contributed by atoms with Gasteiger partial charge in [-0.05, 0) is 24.8 Å². The van der Waals surface area contributed by atoms with Crippen LogP contribution < -0.4 is 5.73 Å². The molecule has 0 saturated carbocycles. The first-order valence-corrected chi connectivity index (χ1v) is 5.57. The SMILES string of the molecule is CC(N)C(C)CCOCc1ccccc1. The van der Waals surface area contributed by atoms with E-state index in [1.54, 1.807) is 0 Å². The molecular weight excluding hydrogens is 186 g/mol. The van der Waals surface area contributed by atoms with E-state index >= 15 is 0 Å². The Hall–Kier alpha value is -0.860. The second kappa shape index (κ2) is 6.59. The van der Waals surface area contributed by atoms with Gasteiger partial charge in [-0.2, -0.15) is 0 Å². The highest BCUT2D eigenvalue weighted by atomic mass is 16.5. The summed E-state index contributed by atoms with van der Waals surface area (Å²) in [7, 11) is 0. The molecular formula is C13H21NO. The Kier molecular flexibility index (Phi) is 5.37. The second-order valence-electron chi connectivity index (χ2n) is 4.16. The lowest BCUT2D eigenvalue weighted by atomic mass is 10.0. The molecule has 0 bridgehead atoms. The van der Waals surface area contributed by atoms with Gasteiger partial charge in [0, 0.05) is 12.6 Å². The lowest BCUT2D eigenvalue weighted by molar-refractivity contribution is 0.106. The van der Waals surface area contributed by atoms with Gasteiger partial charge < -0.3 is 10.5 Å². The topological polar surface area (TPSA) is 35.2 Å². The fourth-order valence-corrected chi connectivity index (χ4v) is 1.30.